The van der Waals surface area contributed by atoms with E-state index in [1.165, 1.54) is 19.3 Å². The molecule has 2 fully saturated rings. The summed E-state index contributed by atoms with van der Waals surface area (Å²) in [6.07, 6.45) is 1.61. The van der Waals surface area contributed by atoms with Crippen LogP contribution in [0.5, 0.6) is 0 Å². The molecule has 0 spiro atoms. The van der Waals surface area contributed by atoms with Crippen molar-refractivity contribution in [2.24, 2.45) is 4.99 Å². The van der Waals surface area contributed by atoms with Crippen molar-refractivity contribution >= 4 is 17.3 Å². The SMILES string of the molecule is CN=C(NCc1nc(C(F)(F)F)cs1)NCC1(N2CCCCC2)CCN(C)CC1. The molecule has 0 atom stereocenters. The van der Waals surface area contributed by atoms with E-state index < -0.39 is 11.9 Å². The maximum atomic E-state index is 12.7. The van der Waals surface area contributed by atoms with E-state index in [1.807, 2.05) is 0 Å². The number of aliphatic imine (C=N–C) groups is 1. The van der Waals surface area contributed by atoms with Crippen LogP contribution in [-0.2, 0) is 12.7 Å². The summed E-state index contributed by atoms with van der Waals surface area (Å²) in [4.78, 5) is 12.9. The molecule has 29 heavy (non-hydrogen) atoms. The molecule has 0 radical (unpaired) electrons. The van der Waals surface area contributed by atoms with Crippen LogP contribution in [0.15, 0.2) is 10.4 Å². The van der Waals surface area contributed by atoms with Gasteiger partial charge in [0.15, 0.2) is 11.7 Å². The topological polar surface area (TPSA) is 55.8 Å². The number of piperidine rings is 2. The minimum Gasteiger partial charge on any atom is -0.355 e. The second kappa shape index (κ2) is 9.61. The fraction of sp³-hybridized carbons (Fsp3) is 0.789. The predicted octanol–water partition coefficient (Wildman–Crippen LogP) is 2.78. The van der Waals surface area contributed by atoms with Crippen molar-refractivity contribution < 1.29 is 13.2 Å². The first-order chi connectivity index (χ1) is 13.8. The van der Waals surface area contributed by atoms with Crippen molar-refractivity contribution in [2.75, 3.05) is 46.8 Å². The average molecular weight is 433 g/mol. The van der Waals surface area contributed by atoms with Gasteiger partial charge >= 0.3 is 6.18 Å². The molecule has 164 valence electrons. The third-order valence-corrected chi connectivity index (χ3v) is 6.85. The Balaban J connectivity index is 1.58. The molecule has 0 unspecified atom stereocenters. The van der Waals surface area contributed by atoms with Gasteiger partial charge in [0.05, 0.1) is 6.54 Å². The van der Waals surface area contributed by atoms with Crippen LogP contribution >= 0.6 is 11.3 Å². The summed E-state index contributed by atoms with van der Waals surface area (Å²) < 4.78 is 38.2. The van der Waals surface area contributed by atoms with Gasteiger partial charge in [-0.1, -0.05) is 6.42 Å². The number of thiazole rings is 1. The van der Waals surface area contributed by atoms with Crippen molar-refractivity contribution in [3.8, 4) is 0 Å². The number of nitrogens with zero attached hydrogens (tertiary/aromatic N) is 4. The van der Waals surface area contributed by atoms with Gasteiger partial charge in [-0.2, -0.15) is 13.2 Å². The molecular formula is C19H31F3N6S. The number of hydrogen-bond acceptors (Lipinski definition) is 5. The molecule has 1 aromatic rings. The smallest absolute Gasteiger partial charge is 0.355 e. The monoisotopic (exact) mass is 432 g/mol. The van der Waals surface area contributed by atoms with Gasteiger partial charge in [0, 0.05) is 24.5 Å². The highest BCUT2D eigenvalue weighted by Crippen LogP contribution is 2.31. The molecule has 1 aromatic heterocycles. The molecule has 0 aromatic carbocycles. The first-order valence-corrected chi connectivity index (χ1v) is 11.1. The second-order valence-corrected chi connectivity index (χ2v) is 8.92. The molecule has 2 aliphatic rings. The molecule has 0 saturated carbocycles. The Morgan fingerprint density at radius 3 is 2.45 bits per heavy atom. The summed E-state index contributed by atoms with van der Waals surface area (Å²) in [5.41, 5.74) is -0.729. The van der Waals surface area contributed by atoms with Crippen LogP contribution in [-0.4, -0.2) is 73.1 Å². The van der Waals surface area contributed by atoms with Gasteiger partial charge in [0.2, 0.25) is 0 Å². The lowest BCUT2D eigenvalue weighted by atomic mass is 9.84. The van der Waals surface area contributed by atoms with Crippen LogP contribution in [0.25, 0.3) is 0 Å². The fourth-order valence-electron chi connectivity index (χ4n) is 4.16. The minimum absolute atomic E-state index is 0.106. The van der Waals surface area contributed by atoms with Crippen molar-refractivity contribution in [3.05, 3.63) is 16.1 Å². The first-order valence-electron chi connectivity index (χ1n) is 10.2. The molecule has 6 nitrogen and oxygen atoms in total. The lowest BCUT2D eigenvalue weighted by molar-refractivity contribution is -0.140. The molecule has 2 N–H and O–H groups in total. The summed E-state index contributed by atoms with van der Waals surface area (Å²) >= 11 is 1.01. The van der Waals surface area contributed by atoms with E-state index in [-0.39, 0.29) is 12.1 Å². The largest absolute Gasteiger partial charge is 0.434 e. The zero-order valence-corrected chi connectivity index (χ0v) is 18.0. The lowest BCUT2D eigenvalue weighted by Crippen LogP contribution is -2.62. The predicted molar refractivity (Wildman–Crippen MR) is 110 cm³/mol. The number of rotatable bonds is 5. The van der Waals surface area contributed by atoms with Gasteiger partial charge in [-0.05, 0) is 58.9 Å². The summed E-state index contributed by atoms with van der Waals surface area (Å²) in [7, 11) is 3.85. The highest BCUT2D eigenvalue weighted by atomic mass is 32.1. The molecule has 0 amide bonds. The van der Waals surface area contributed by atoms with Crippen molar-refractivity contribution in [1.29, 1.82) is 0 Å². The van der Waals surface area contributed by atoms with Gasteiger partial charge in [-0.3, -0.25) is 9.89 Å². The molecule has 3 heterocycles. The molecule has 2 saturated heterocycles. The molecule has 3 rings (SSSR count). The Morgan fingerprint density at radius 1 is 1.17 bits per heavy atom. The van der Waals surface area contributed by atoms with Gasteiger partial charge in [-0.25, -0.2) is 4.98 Å². The van der Waals surface area contributed by atoms with E-state index in [0.29, 0.717) is 11.0 Å². The lowest BCUT2D eigenvalue weighted by Gasteiger charge is -2.50. The quantitative estimate of drug-likeness (QED) is 0.554. The van der Waals surface area contributed by atoms with E-state index in [0.717, 1.165) is 62.3 Å². The standard InChI is InChI=1S/C19H31F3N6S/c1-23-17(24-12-16-26-15(13-29-16)19(20,21)22)25-14-18(6-10-27(2)11-7-18)28-8-4-3-5-9-28/h13H,3-12,14H2,1-2H3,(H2,23,24,25). The number of alkyl halides is 3. The van der Waals surface area contributed by atoms with Gasteiger partial charge < -0.3 is 15.5 Å². The van der Waals surface area contributed by atoms with E-state index in [1.54, 1.807) is 7.05 Å². The normalized spacial score (nSPS) is 21.9. The third kappa shape index (κ3) is 5.82. The van der Waals surface area contributed by atoms with Crippen LogP contribution in [0.3, 0.4) is 0 Å². The Bertz CT molecular complexity index is 676. The number of hydrogen-bond donors (Lipinski definition) is 2. The molecule has 0 bridgehead atoms. The maximum absolute atomic E-state index is 12.7. The zero-order valence-electron chi connectivity index (χ0n) is 17.2. The highest BCUT2D eigenvalue weighted by Gasteiger charge is 2.39. The number of halogens is 3. The van der Waals surface area contributed by atoms with E-state index in [4.69, 9.17) is 0 Å². The zero-order chi connectivity index (χ0) is 20.9. The molecule has 2 aliphatic heterocycles. The molecule has 0 aliphatic carbocycles. The van der Waals surface area contributed by atoms with Crippen molar-refractivity contribution in [2.45, 2.75) is 50.4 Å². The summed E-state index contributed by atoms with van der Waals surface area (Å²) in [6.45, 7) is 5.42. The summed E-state index contributed by atoms with van der Waals surface area (Å²) in [5.74, 6) is 0.601. The van der Waals surface area contributed by atoms with Crippen LogP contribution in [0.1, 0.15) is 42.8 Å². The van der Waals surface area contributed by atoms with E-state index in [9.17, 15) is 13.2 Å². The number of guanidine groups is 1. The number of likely N-dealkylation sites (tertiary alicyclic amines) is 2. The van der Waals surface area contributed by atoms with Gasteiger partial charge in [-0.15, -0.1) is 11.3 Å². The van der Waals surface area contributed by atoms with E-state index >= 15 is 0 Å². The Labute approximate surface area is 174 Å². The van der Waals surface area contributed by atoms with Crippen LogP contribution in [0.4, 0.5) is 13.2 Å². The Kier molecular flexibility index (Phi) is 7.39. The number of aromatic nitrogens is 1. The Morgan fingerprint density at radius 2 is 1.86 bits per heavy atom. The van der Waals surface area contributed by atoms with Gasteiger partial charge in [0.1, 0.15) is 5.01 Å². The van der Waals surface area contributed by atoms with Crippen LogP contribution in [0, 0.1) is 0 Å². The fourth-order valence-corrected chi connectivity index (χ4v) is 4.90. The number of nitrogens with one attached hydrogen (secondary N) is 2. The van der Waals surface area contributed by atoms with Crippen LogP contribution < -0.4 is 10.6 Å². The summed E-state index contributed by atoms with van der Waals surface area (Å²) in [6, 6.07) is 0. The minimum atomic E-state index is -4.40. The average Bonchev–Trinajstić information content (AvgIpc) is 3.20. The molecule has 10 heteroatoms. The molecular weight excluding hydrogens is 401 g/mol. The first kappa shape index (κ1) is 22.3. The van der Waals surface area contributed by atoms with Crippen molar-refractivity contribution in [3.63, 3.8) is 0 Å². The highest BCUT2D eigenvalue weighted by molar-refractivity contribution is 7.09. The van der Waals surface area contributed by atoms with Crippen LogP contribution in [0.2, 0.25) is 0 Å². The second-order valence-electron chi connectivity index (χ2n) is 7.98. The maximum Gasteiger partial charge on any atom is 0.434 e. The Hall–Kier alpha value is -1.39. The third-order valence-electron chi connectivity index (χ3n) is 6.00. The summed E-state index contributed by atoms with van der Waals surface area (Å²) in [5, 5.41) is 7.99. The van der Waals surface area contributed by atoms with Gasteiger partial charge in [0.25, 0.3) is 0 Å². The van der Waals surface area contributed by atoms with E-state index in [2.05, 4.69) is 37.5 Å². The van der Waals surface area contributed by atoms with Crippen molar-refractivity contribution in [1.82, 2.24) is 25.4 Å².